The maximum Gasteiger partial charge on any atom is 0.148 e. The lowest BCUT2D eigenvalue weighted by Crippen LogP contribution is -2.14. The molecule has 100 valence electrons. The molecule has 0 radical (unpaired) electrons. The van der Waals surface area contributed by atoms with Gasteiger partial charge in [0.05, 0.1) is 0 Å². The fraction of sp³-hybridized carbons (Fsp3) is 0.308. The van der Waals surface area contributed by atoms with E-state index in [1.807, 2.05) is 18.3 Å². The summed E-state index contributed by atoms with van der Waals surface area (Å²) < 4.78 is 0. The zero-order valence-electron chi connectivity index (χ0n) is 10.9. The minimum Gasteiger partial charge on any atom is -0.366 e. The lowest BCUT2D eigenvalue weighted by atomic mass is 10.1. The Bertz CT molecular complexity index is 514. The van der Waals surface area contributed by atoms with Gasteiger partial charge in [-0.25, -0.2) is 15.8 Å². The fourth-order valence-corrected chi connectivity index (χ4v) is 1.86. The molecular formula is C13H18N6. The summed E-state index contributed by atoms with van der Waals surface area (Å²) in [7, 11) is 0. The predicted octanol–water partition coefficient (Wildman–Crippen LogP) is 1.72. The van der Waals surface area contributed by atoms with Crippen LogP contribution in [0.25, 0.3) is 0 Å². The molecule has 2 rings (SSSR count). The number of nitrogen functional groups attached to an aromatic ring is 1. The summed E-state index contributed by atoms with van der Waals surface area (Å²) >= 11 is 0. The second-order valence-electron chi connectivity index (χ2n) is 4.16. The monoisotopic (exact) mass is 258 g/mol. The van der Waals surface area contributed by atoms with Crippen molar-refractivity contribution in [3.8, 4) is 0 Å². The molecule has 0 bridgehead atoms. The van der Waals surface area contributed by atoms with Crippen LogP contribution in [0, 0.1) is 0 Å². The van der Waals surface area contributed by atoms with Crippen molar-refractivity contribution < 1.29 is 0 Å². The van der Waals surface area contributed by atoms with E-state index >= 15 is 0 Å². The minimum absolute atomic E-state index is 0.672. The van der Waals surface area contributed by atoms with Gasteiger partial charge in [0.1, 0.15) is 18.0 Å². The van der Waals surface area contributed by atoms with Gasteiger partial charge < -0.3 is 10.7 Å². The molecule has 2 aromatic rings. The summed E-state index contributed by atoms with van der Waals surface area (Å²) in [5.41, 5.74) is 4.73. The van der Waals surface area contributed by atoms with Crippen LogP contribution in [0.15, 0.2) is 30.9 Å². The van der Waals surface area contributed by atoms with Crippen molar-refractivity contribution in [3.63, 3.8) is 0 Å². The molecule has 0 fully saturated rings. The highest BCUT2D eigenvalue weighted by molar-refractivity contribution is 5.57. The van der Waals surface area contributed by atoms with E-state index in [0.717, 1.165) is 29.8 Å². The van der Waals surface area contributed by atoms with E-state index in [-0.39, 0.29) is 0 Å². The number of aromatic nitrogens is 3. The molecular weight excluding hydrogens is 240 g/mol. The highest BCUT2D eigenvalue weighted by Crippen LogP contribution is 2.21. The predicted molar refractivity (Wildman–Crippen MR) is 75.4 cm³/mol. The van der Waals surface area contributed by atoms with Crippen LogP contribution in [0.1, 0.15) is 24.5 Å². The Hall–Kier alpha value is -2.21. The Morgan fingerprint density at radius 3 is 2.79 bits per heavy atom. The van der Waals surface area contributed by atoms with Gasteiger partial charge >= 0.3 is 0 Å². The zero-order chi connectivity index (χ0) is 13.5. The summed E-state index contributed by atoms with van der Waals surface area (Å²) in [6.07, 6.45) is 6.96. The fourth-order valence-electron chi connectivity index (χ4n) is 1.86. The summed E-state index contributed by atoms with van der Waals surface area (Å²) in [6, 6.07) is 3.93. The largest absolute Gasteiger partial charge is 0.366 e. The molecule has 0 saturated heterocycles. The summed E-state index contributed by atoms with van der Waals surface area (Å²) in [5, 5.41) is 3.30. The molecule has 0 aliphatic carbocycles. The van der Waals surface area contributed by atoms with Gasteiger partial charge in [-0.1, -0.05) is 19.4 Å². The second-order valence-corrected chi connectivity index (χ2v) is 4.16. The van der Waals surface area contributed by atoms with E-state index in [1.165, 1.54) is 6.33 Å². The van der Waals surface area contributed by atoms with Crippen molar-refractivity contribution in [1.82, 2.24) is 15.0 Å². The minimum atomic E-state index is 0.672. The van der Waals surface area contributed by atoms with Gasteiger partial charge in [0.15, 0.2) is 0 Å². The van der Waals surface area contributed by atoms with Crippen molar-refractivity contribution in [2.45, 2.75) is 26.3 Å². The van der Waals surface area contributed by atoms with E-state index in [1.54, 1.807) is 6.20 Å². The smallest absolute Gasteiger partial charge is 0.148 e. The van der Waals surface area contributed by atoms with E-state index in [4.69, 9.17) is 5.84 Å². The van der Waals surface area contributed by atoms with Crippen LogP contribution in [0.2, 0.25) is 0 Å². The molecule has 0 amide bonds. The summed E-state index contributed by atoms with van der Waals surface area (Å²) in [6.45, 7) is 2.78. The third kappa shape index (κ3) is 3.38. The topological polar surface area (TPSA) is 88.8 Å². The molecule has 6 heteroatoms. The molecule has 0 spiro atoms. The number of hydrogen-bond donors (Lipinski definition) is 3. The molecule has 0 aromatic carbocycles. The van der Waals surface area contributed by atoms with Gasteiger partial charge in [-0.15, -0.1) is 0 Å². The maximum atomic E-state index is 5.48. The first kappa shape index (κ1) is 13.2. The Kier molecular flexibility index (Phi) is 4.63. The normalized spacial score (nSPS) is 10.2. The SMILES string of the molecule is CCCc1c(NN)ncnc1NCc1cccnc1. The van der Waals surface area contributed by atoms with Crippen LogP contribution in [0.5, 0.6) is 0 Å². The van der Waals surface area contributed by atoms with Crippen molar-refractivity contribution >= 4 is 11.6 Å². The van der Waals surface area contributed by atoms with Gasteiger partial charge in [0, 0.05) is 24.5 Å². The second kappa shape index (κ2) is 6.65. The maximum absolute atomic E-state index is 5.48. The van der Waals surface area contributed by atoms with Crippen molar-refractivity contribution in [2.75, 3.05) is 10.7 Å². The van der Waals surface area contributed by atoms with Crippen LogP contribution in [0.3, 0.4) is 0 Å². The van der Waals surface area contributed by atoms with Gasteiger partial charge in [-0.3, -0.25) is 4.98 Å². The van der Waals surface area contributed by atoms with Crippen molar-refractivity contribution in [3.05, 3.63) is 42.0 Å². The zero-order valence-corrected chi connectivity index (χ0v) is 10.9. The van der Waals surface area contributed by atoms with Gasteiger partial charge in [-0.05, 0) is 18.1 Å². The highest BCUT2D eigenvalue weighted by atomic mass is 15.3. The van der Waals surface area contributed by atoms with Gasteiger partial charge in [0.2, 0.25) is 0 Å². The van der Waals surface area contributed by atoms with Crippen LogP contribution >= 0.6 is 0 Å². The van der Waals surface area contributed by atoms with E-state index in [2.05, 4.69) is 32.6 Å². The number of hydrogen-bond acceptors (Lipinski definition) is 6. The summed E-state index contributed by atoms with van der Waals surface area (Å²) in [4.78, 5) is 12.5. The van der Waals surface area contributed by atoms with E-state index in [0.29, 0.717) is 12.4 Å². The molecule has 19 heavy (non-hydrogen) atoms. The van der Waals surface area contributed by atoms with Crippen molar-refractivity contribution in [1.29, 1.82) is 0 Å². The third-order valence-electron chi connectivity index (χ3n) is 2.76. The number of nitrogens with zero attached hydrogens (tertiary/aromatic N) is 3. The Balaban J connectivity index is 2.15. The number of rotatable bonds is 6. The van der Waals surface area contributed by atoms with Gasteiger partial charge in [0.25, 0.3) is 0 Å². The third-order valence-corrected chi connectivity index (χ3v) is 2.76. The first-order valence-corrected chi connectivity index (χ1v) is 6.28. The van der Waals surface area contributed by atoms with Crippen LogP contribution < -0.4 is 16.6 Å². The molecule has 0 aliphatic rings. The molecule has 6 nitrogen and oxygen atoms in total. The molecule has 4 N–H and O–H groups in total. The number of anilines is 2. The van der Waals surface area contributed by atoms with Crippen LogP contribution in [0.4, 0.5) is 11.6 Å². The van der Waals surface area contributed by atoms with Gasteiger partial charge in [-0.2, -0.15) is 0 Å². The number of nitrogens with two attached hydrogens (primary N) is 1. The van der Waals surface area contributed by atoms with E-state index in [9.17, 15) is 0 Å². The molecule has 0 atom stereocenters. The molecule has 2 aromatic heterocycles. The first-order chi connectivity index (χ1) is 9.35. The molecule has 0 aliphatic heterocycles. The number of nitrogens with one attached hydrogen (secondary N) is 2. The lowest BCUT2D eigenvalue weighted by molar-refractivity contribution is 0.896. The highest BCUT2D eigenvalue weighted by Gasteiger charge is 2.09. The van der Waals surface area contributed by atoms with Crippen molar-refractivity contribution in [2.24, 2.45) is 5.84 Å². The number of hydrazine groups is 1. The molecule has 2 heterocycles. The standard InChI is InChI=1S/C13H18N6/c1-2-4-11-12(17-9-18-13(11)19-14)16-8-10-5-3-6-15-7-10/h3,5-7,9H,2,4,8,14H2,1H3,(H2,16,17,18,19). The average molecular weight is 258 g/mol. The summed E-state index contributed by atoms with van der Waals surface area (Å²) in [5.74, 6) is 6.96. The molecule has 0 saturated carbocycles. The van der Waals surface area contributed by atoms with Crippen LogP contribution in [-0.4, -0.2) is 15.0 Å². The van der Waals surface area contributed by atoms with E-state index < -0.39 is 0 Å². The van der Waals surface area contributed by atoms with Crippen LogP contribution in [-0.2, 0) is 13.0 Å². The Morgan fingerprint density at radius 2 is 2.11 bits per heavy atom. The lowest BCUT2D eigenvalue weighted by Gasteiger charge is -2.13. The Morgan fingerprint density at radius 1 is 1.26 bits per heavy atom. The quantitative estimate of drug-likeness (QED) is 0.540. The molecule has 0 unspecified atom stereocenters. The first-order valence-electron chi connectivity index (χ1n) is 6.28. The number of pyridine rings is 1. The average Bonchev–Trinajstić information content (AvgIpc) is 2.47. The Labute approximate surface area is 112 Å².